The van der Waals surface area contributed by atoms with E-state index in [9.17, 15) is 9.90 Å². The smallest absolute Gasteiger partial charge is 0.307 e. The zero-order chi connectivity index (χ0) is 11.5. The van der Waals surface area contributed by atoms with Gasteiger partial charge in [0.1, 0.15) is 0 Å². The van der Waals surface area contributed by atoms with Crippen molar-refractivity contribution in [1.82, 2.24) is 4.90 Å². The molecule has 0 aromatic heterocycles. The Kier molecular flexibility index (Phi) is 3.82. The second-order valence-corrected chi connectivity index (χ2v) is 4.84. The lowest BCUT2D eigenvalue weighted by atomic mass is 9.78. The number of carbonyl (C=O) groups excluding carboxylic acids is 1. The van der Waals surface area contributed by atoms with E-state index in [1.807, 2.05) is 6.92 Å². The Morgan fingerprint density at radius 3 is 2.88 bits per heavy atom. The van der Waals surface area contributed by atoms with E-state index in [-0.39, 0.29) is 12.1 Å². The lowest BCUT2D eigenvalue weighted by Crippen LogP contribution is -2.54. The van der Waals surface area contributed by atoms with E-state index in [1.165, 1.54) is 6.42 Å². The summed E-state index contributed by atoms with van der Waals surface area (Å²) in [6.07, 6.45) is 3.56. The fourth-order valence-electron chi connectivity index (χ4n) is 2.92. The Morgan fingerprint density at radius 1 is 1.50 bits per heavy atom. The van der Waals surface area contributed by atoms with Gasteiger partial charge in [-0.05, 0) is 32.1 Å². The zero-order valence-corrected chi connectivity index (χ0v) is 9.89. The van der Waals surface area contributed by atoms with Crippen molar-refractivity contribution in [3.8, 4) is 0 Å². The first-order valence-electron chi connectivity index (χ1n) is 6.28. The summed E-state index contributed by atoms with van der Waals surface area (Å²) in [6.45, 7) is 4.03. The Bertz CT molecular complexity index is 257. The maximum absolute atomic E-state index is 11.3. The number of rotatable bonds is 4. The molecule has 92 valence electrons. The SMILES string of the molecule is CCOC(=O)CCN1CC2CCC1CC2O. The van der Waals surface area contributed by atoms with Gasteiger partial charge in [0.15, 0.2) is 0 Å². The molecule has 3 rings (SSSR count). The number of nitrogens with zero attached hydrogens (tertiary/aromatic N) is 1. The standard InChI is InChI=1S/C12H21NO3/c1-2-16-12(15)5-6-13-8-9-3-4-10(13)7-11(9)14/h9-11,14H,2-8H2,1H3. The van der Waals surface area contributed by atoms with Gasteiger partial charge < -0.3 is 9.84 Å². The zero-order valence-electron chi connectivity index (χ0n) is 9.89. The van der Waals surface area contributed by atoms with Gasteiger partial charge in [0, 0.05) is 19.1 Å². The minimum Gasteiger partial charge on any atom is -0.466 e. The molecule has 0 amide bonds. The molecule has 1 saturated carbocycles. The fraction of sp³-hybridized carbons (Fsp3) is 0.917. The Morgan fingerprint density at radius 2 is 2.31 bits per heavy atom. The van der Waals surface area contributed by atoms with E-state index in [2.05, 4.69) is 4.90 Å². The number of ether oxygens (including phenoxy) is 1. The molecule has 0 spiro atoms. The first-order chi connectivity index (χ1) is 7.70. The summed E-state index contributed by atoms with van der Waals surface area (Å²) in [6, 6.07) is 0.481. The van der Waals surface area contributed by atoms with Gasteiger partial charge in [-0.1, -0.05) is 0 Å². The number of aliphatic hydroxyl groups is 1. The third kappa shape index (κ3) is 2.55. The van der Waals surface area contributed by atoms with Gasteiger partial charge in [0.05, 0.1) is 19.1 Å². The number of fused-ring (bicyclic) bond motifs is 3. The molecule has 3 atom stereocenters. The maximum Gasteiger partial charge on any atom is 0.307 e. The number of carbonyl (C=O) groups is 1. The van der Waals surface area contributed by atoms with Gasteiger partial charge in [-0.25, -0.2) is 0 Å². The lowest BCUT2D eigenvalue weighted by Gasteiger charge is -2.47. The van der Waals surface area contributed by atoms with E-state index in [0.29, 0.717) is 25.0 Å². The fourth-order valence-corrected chi connectivity index (χ4v) is 2.92. The van der Waals surface area contributed by atoms with Gasteiger partial charge in [-0.15, -0.1) is 0 Å². The molecule has 2 aliphatic heterocycles. The molecule has 16 heavy (non-hydrogen) atoms. The molecule has 3 aliphatic rings. The van der Waals surface area contributed by atoms with Crippen molar-refractivity contribution in [1.29, 1.82) is 0 Å². The van der Waals surface area contributed by atoms with Gasteiger partial charge in [0.2, 0.25) is 0 Å². The van der Waals surface area contributed by atoms with Crippen LogP contribution in [0.3, 0.4) is 0 Å². The summed E-state index contributed by atoms with van der Waals surface area (Å²) in [4.78, 5) is 13.6. The Balaban J connectivity index is 1.77. The van der Waals surface area contributed by atoms with Crippen molar-refractivity contribution in [2.75, 3.05) is 19.7 Å². The second-order valence-electron chi connectivity index (χ2n) is 4.84. The van der Waals surface area contributed by atoms with E-state index in [1.54, 1.807) is 0 Å². The first-order valence-corrected chi connectivity index (χ1v) is 6.28. The highest BCUT2D eigenvalue weighted by molar-refractivity contribution is 5.69. The molecule has 4 nitrogen and oxygen atoms in total. The van der Waals surface area contributed by atoms with Crippen LogP contribution in [0.5, 0.6) is 0 Å². The molecule has 4 heteroatoms. The van der Waals surface area contributed by atoms with Crippen LogP contribution in [0.15, 0.2) is 0 Å². The van der Waals surface area contributed by atoms with Crippen molar-refractivity contribution in [3.05, 3.63) is 0 Å². The molecule has 2 saturated heterocycles. The third-order valence-electron chi connectivity index (χ3n) is 3.82. The highest BCUT2D eigenvalue weighted by Gasteiger charge is 2.39. The summed E-state index contributed by atoms with van der Waals surface area (Å²) in [5.74, 6) is 0.316. The van der Waals surface area contributed by atoms with E-state index >= 15 is 0 Å². The van der Waals surface area contributed by atoms with Gasteiger partial charge in [-0.2, -0.15) is 0 Å². The number of hydrogen-bond acceptors (Lipinski definition) is 4. The molecule has 3 fully saturated rings. The minimum atomic E-state index is -0.113. The molecule has 3 unspecified atom stereocenters. The van der Waals surface area contributed by atoms with Crippen molar-refractivity contribution < 1.29 is 14.6 Å². The largest absolute Gasteiger partial charge is 0.466 e. The van der Waals surface area contributed by atoms with Crippen LogP contribution in [0.1, 0.15) is 32.6 Å². The molecule has 2 heterocycles. The summed E-state index contributed by atoms with van der Waals surface area (Å²) in [7, 11) is 0. The van der Waals surface area contributed by atoms with Crippen molar-refractivity contribution >= 4 is 5.97 Å². The van der Waals surface area contributed by atoms with Gasteiger partial charge in [0.25, 0.3) is 0 Å². The number of hydrogen-bond donors (Lipinski definition) is 1. The predicted octanol–water partition coefficient (Wildman–Crippen LogP) is 0.785. The average Bonchev–Trinajstić information content (AvgIpc) is 2.28. The monoisotopic (exact) mass is 227 g/mol. The minimum absolute atomic E-state index is 0.107. The second kappa shape index (κ2) is 5.15. The summed E-state index contributed by atoms with van der Waals surface area (Å²) in [5.41, 5.74) is 0. The molecule has 0 radical (unpaired) electrons. The van der Waals surface area contributed by atoms with Crippen LogP contribution in [0.25, 0.3) is 0 Å². The number of aliphatic hydroxyl groups excluding tert-OH is 1. The average molecular weight is 227 g/mol. The Labute approximate surface area is 96.6 Å². The van der Waals surface area contributed by atoms with Crippen LogP contribution < -0.4 is 0 Å². The van der Waals surface area contributed by atoms with Crippen LogP contribution in [0.4, 0.5) is 0 Å². The van der Waals surface area contributed by atoms with Crippen molar-refractivity contribution in [2.24, 2.45) is 5.92 Å². The van der Waals surface area contributed by atoms with Gasteiger partial charge in [-0.3, -0.25) is 9.69 Å². The topological polar surface area (TPSA) is 49.8 Å². The number of piperidine rings is 2. The molecule has 2 bridgehead atoms. The molecule has 0 aromatic rings. The highest BCUT2D eigenvalue weighted by atomic mass is 16.5. The van der Waals surface area contributed by atoms with E-state index in [4.69, 9.17) is 4.74 Å². The van der Waals surface area contributed by atoms with Crippen LogP contribution in [-0.2, 0) is 9.53 Å². The molecule has 0 aromatic carbocycles. The maximum atomic E-state index is 11.3. The number of esters is 1. The molecule has 1 aliphatic carbocycles. The molecular formula is C12H21NO3. The third-order valence-corrected chi connectivity index (χ3v) is 3.82. The van der Waals surface area contributed by atoms with Gasteiger partial charge >= 0.3 is 5.97 Å². The van der Waals surface area contributed by atoms with Crippen molar-refractivity contribution in [2.45, 2.75) is 44.8 Å². The lowest BCUT2D eigenvalue weighted by molar-refractivity contribution is -0.144. The van der Waals surface area contributed by atoms with E-state index < -0.39 is 0 Å². The van der Waals surface area contributed by atoms with Crippen LogP contribution in [0.2, 0.25) is 0 Å². The van der Waals surface area contributed by atoms with Crippen LogP contribution in [0, 0.1) is 5.92 Å². The predicted molar refractivity (Wildman–Crippen MR) is 60.0 cm³/mol. The normalized spacial score (nSPS) is 34.0. The van der Waals surface area contributed by atoms with E-state index in [0.717, 1.165) is 25.9 Å². The molecule has 1 N–H and O–H groups in total. The summed E-state index contributed by atoms with van der Waals surface area (Å²) >= 11 is 0. The Hall–Kier alpha value is -0.610. The summed E-state index contributed by atoms with van der Waals surface area (Å²) in [5, 5.41) is 9.76. The first kappa shape index (κ1) is 11.9. The summed E-state index contributed by atoms with van der Waals surface area (Å²) < 4.78 is 4.92. The van der Waals surface area contributed by atoms with Crippen LogP contribution >= 0.6 is 0 Å². The van der Waals surface area contributed by atoms with Crippen LogP contribution in [-0.4, -0.2) is 47.8 Å². The quantitative estimate of drug-likeness (QED) is 0.721. The van der Waals surface area contributed by atoms with Crippen molar-refractivity contribution in [3.63, 3.8) is 0 Å². The molecular weight excluding hydrogens is 206 g/mol. The highest BCUT2D eigenvalue weighted by Crippen LogP contribution is 2.35.